The summed E-state index contributed by atoms with van der Waals surface area (Å²) in [6.07, 6.45) is 7.59. The van der Waals surface area contributed by atoms with Crippen molar-refractivity contribution in [3.63, 3.8) is 0 Å². The minimum Gasteiger partial charge on any atom is -0.506 e. The number of rotatable bonds is 2. The summed E-state index contributed by atoms with van der Waals surface area (Å²) in [6.45, 7) is 0. The molecule has 1 aromatic carbocycles. The maximum Gasteiger partial charge on any atom is 0.201 e. The number of carbonyl (C=O) groups excluding carboxylic acids is 1. The summed E-state index contributed by atoms with van der Waals surface area (Å²) in [7, 11) is 5.76. The van der Waals surface area contributed by atoms with Crippen LogP contribution in [0.1, 0.15) is 5.56 Å². The second-order valence-corrected chi connectivity index (χ2v) is 5.70. The topological polar surface area (TPSA) is 52.3 Å². The van der Waals surface area contributed by atoms with Crippen molar-refractivity contribution in [3.8, 4) is 0 Å². The molecule has 0 atom stereocenters. The number of benzene rings is 1. The molecule has 2 aliphatic rings. The Morgan fingerprint density at radius 3 is 2.04 bits per heavy atom. The standard InChI is InChI=1S/C19H18N2O2/c1-20-14-8-4-12(5-9-14)16-18(22)17(19(16)23)13-6-10-15(11-7-13)21(2)3/h4-11H,1-3H3,(H,22,23)/p+1. The molecule has 2 aliphatic carbocycles. The van der Waals surface area contributed by atoms with E-state index in [2.05, 4.69) is 5.32 Å². The van der Waals surface area contributed by atoms with Crippen LogP contribution in [0.25, 0.3) is 5.57 Å². The average Bonchev–Trinajstić information content (AvgIpc) is 2.56. The van der Waals surface area contributed by atoms with Crippen LogP contribution in [0.3, 0.4) is 0 Å². The Labute approximate surface area is 135 Å². The molecule has 0 saturated carbocycles. The third-order valence-corrected chi connectivity index (χ3v) is 4.06. The predicted octanol–water partition coefficient (Wildman–Crippen LogP) is 2.72. The van der Waals surface area contributed by atoms with Gasteiger partial charge in [-0.3, -0.25) is 4.79 Å². The lowest BCUT2D eigenvalue weighted by molar-refractivity contribution is -0.462. The molecular weight excluding hydrogens is 288 g/mol. The molecule has 0 aromatic heterocycles. The van der Waals surface area contributed by atoms with Gasteiger partial charge in [-0.05, 0) is 35.4 Å². The Bertz CT molecular complexity index is 813. The van der Waals surface area contributed by atoms with Gasteiger partial charge >= 0.3 is 0 Å². The van der Waals surface area contributed by atoms with Gasteiger partial charge < -0.3 is 10.4 Å². The Morgan fingerprint density at radius 2 is 1.57 bits per heavy atom. The van der Waals surface area contributed by atoms with E-state index in [1.54, 1.807) is 0 Å². The number of nitrogens with one attached hydrogen (secondary N) is 1. The Kier molecular flexibility index (Phi) is 3.74. The van der Waals surface area contributed by atoms with Crippen LogP contribution in [0.15, 0.2) is 65.5 Å². The average molecular weight is 307 g/mol. The number of ketones is 1. The third kappa shape index (κ3) is 2.52. The summed E-state index contributed by atoms with van der Waals surface area (Å²) >= 11 is 0. The lowest BCUT2D eigenvalue weighted by atomic mass is 9.80. The van der Waals surface area contributed by atoms with Crippen LogP contribution in [0.2, 0.25) is 0 Å². The zero-order valence-corrected chi connectivity index (χ0v) is 13.4. The number of allylic oxidation sites excluding steroid dienone is 7. The summed E-state index contributed by atoms with van der Waals surface area (Å²) in [6, 6.07) is 7.43. The molecule has 23 heavy (non-hydrogen) atoms. The molecule has 4 nitrogen and oxygen atoms in total. The quantitative estimate of drug-likeness (QED) is 0.652. The molecule has 116 valence electrons. The molecular formula is C19H19N2O2+. The Balaban J connectivity index is 1.97. The number of aliphatic hydroxyl groups excluding tert-OH is 1. The summed E-state index contributed by atoms with van der Waals surface area (Å²) < 4.78 is 1.99. The van der Waals surface area contributed by atoms with Gasteiger partial charge in [0.2, 0.25) is 5.78 Å². The van der Waals surface area contributed by atoms with E-state index in [9.17, 15) is 9.90 Å². The summed E-state index contributed by atoms with van der Waals surface area (Å²) in [5, 5.41) is 13.4. The number of aliphatic hydroxyl groups is 1. The van der Waals surface area contributed by atoms with E-state index in [4.69, 9.17) is 0 Å². The fraction of sp³-hybridized carbons (Fsp3) is 0.158. The molecule has 1 aromatic rings. The van der Waals surface area contributed by atoms with Crippen molar-refractivity contribution in [2.75, 3.05) is 26.5 Å². The monoisotopic (exact) mass is 307 g/mol. The van der Waals surface area contributed by atoms with Gasteiger partial charge in [0.15, 0.2) is 5.71 Å². The lowest BCUT2D eigenvalue weighted by Crippen LogP contribution is -2.23. The molecule has 4 heteroatoms. The molecule has 0 heterocycles. The minimum absolute atomic E-state index is 0.0739. The van der Waals surface area contributed by atoms with Crippen molar-refractivity contribution in [2.45, 2.75) is 0 Å². The summed E-state index contributed by atoms with van der Waals surface area (Å²) in [5.74, 6) is -0.0397. The molecule has 0 radical (unpaired) electrons. The second-order valence-electron chi connectivity index (χ2n) is 5.70. The van der Waals surface area contributed by atoms with E-state index in [1.165, 1.54) is 0 Å². The summed E-state index contributed by atoms with van der Waals surface area (Å²) in [4.78, 5) is 12.5. The predicted molar refractivity (Wildman–Crippen MR) is 93.0 cm³/mol. The van der Waals surface area contributed by atoms with Gasteiger partial charge in [0, 0.05) is 24.9 Å². The molecule has 0 unspecified atom stereocenters. The van der Waals surface area contributed by atoms with Gasteiger partial charge in [-0.25, -0.2) is 4.58 Å². The smallest absolute Gasteiger partial charge is 0.201 e. The molecule has 3 rings (SSSR count). The first-order valence-corrected chi connectivity index (χ1v) is 7.44. The van der Waals surface area contributed by atoms with Gasteiger partial charge in [-0.1, -0.05) is 12.1 Å². The lowest BCUT2D eigenvalue weighted by Gasteiger charge is -2.23. The maximum atomic E-state index is 12.5. The SMILES string of the molecule is CNc1ccc(C2=C(O)C(=C3C=CC(=[N+](C)C)C=C3)C2=O)cc1. The third-order valence-electron chi connectivity index (χ3n) is 4.06. The largest absolute Gasteiger partial charge is 0.506 e. The maximum absolute atomic E-state index is 12.5. The van der Waals surface area contributed by atoms with E-state index in [0.717, 1.165) is 22.5 Å². The van der Waals surface area contributed by atoms with E-state index in [0.29, 0.717) is 11.1 Å². The highest BCUT2D eigenvalue weighted by atomic mass is 16.3. The number of carbonyl (C=O) groups is 1. The van der Waals surface area contributed by atoms with Crippen LogP contribution in [0, 0.1) is 0 Å². The molecule has 0 aliphatic heterocycles. The molecule has 2 N–H and O–H groups in total. The highest BCUT2D eigenvalue weighted by molar-refractivity contribution is 6.39. The van der Waals surface area contributed by atoms with Crippen molar-refractivity contribution < 1.29 is 14.5 Å². The zero-order valence-electron chi connectivity index (χ0n) is 13.4. The number of Topliss-reactive ketones (excluding diaryl/α,β-unsaturated/α-hetero) is 1. The van der Waals surface area contributed by atoms with Crippen LogP contribution in [0.4, 0.5) is 5.69 Å². The highest BCUT2D eigenvalue weighted by Crippen LogP contribution is 2.38. The highest BCUT2D eigenvalue weighted by Gasteiger charge is 2.36. The van der Waals surface area contributed by atoms with Crippen molar-refractivity contribution in [2.24, 2.45) is 0 Å². The Hall–Kier alpha value is -2.88. The number of nitrogens with zero attached hydrogens (tertiary/aromatic N) is 1. The van der Waals surface area contributed by atoms with Crippen molar-refractivity contribution in [1.29, 1.82) is 0 Å². The first-order chi connectivity index (χ1) is 11.0. The van der Waals surface area contributed by atoms with Crippen molar-refractivity contribution in [3.05, 3.63) is 71.0 Å². The van der Waals surface area contributed by atoms with Gasteiger partial charge in [0.05, 0.1) is 11.1 Å². The molecule has 0 bridgehead atoms. The Morgan fingerprint density at radius 1 is 0.957 bits per heavy atom. The van der Waals surface area contributed by atoms with E-state index >= 15 is 0 Å². The van der Waals surface area contributed by atoms with Gasteiger partial charge in [-0.15, -0.1) is 0 Å². The number of hydrogen-bond acceptors (Lipinski definition) is 3. The van der Waals surface area contributed by atoms with E-state index in [1.807, 2.05) is 74.3 Å². The first kappa shape index (κ1) is 15.0. The second kappa shape index (κ2) is 5.72. The molecule has 0 fully saturated rings. The summed E-state index contributed by atoms with van der Waals surface area (Å²) in [5.41, 5.74) is 4.27. The van der Waals surface area contributed by atoms with E-state index < -0.39 is 0 Å². The van der Waals surface area contributed by atoms with Crippen molar-refractivity contribution >= 4 is 22.8 Å². The van der Waals surface area contributed by atoms with Crippen LogP contribution >= 0.6 is 0 Å². The molecule has 0 spiro atoms. The van der Waals surface area contributed by atoms with Crippen LogP contribution in [0.5, 0.6) is 0 Å². The van der Waals surface area contributed by atoms with Crippen LogP contribution < -0.4 is 5.32 Å². The van der Waals surface area contributed by atoms with E-state index in [-0.39, 0.29) is 11.5 Å². The number of anilines is 1. The molecule has 0 amide bonds. The minimum atomic E-state index is -0.114. The fourth-order valence-electron chi connectivity index (χ4n) is 2.67. The van der Waals surface area contributed by atoms with Crippen LogP contribution in [-0.2, 0) is 4.79 Å². The first-order valence-electron chi connectivity index (χ1n) is 7.44. The zero-order chi connectivity index (χ0) is 16.6. The van der Waals surface area contributed by atoms with Gasteiger partial charge in [0.1, 0.15) is 19.9 Å². The molecule has 0 saturated heterocycles. The fourth-order valence-corrected chi connectivity index (χ4v) is 2.67. The van der Waals surface area contributed by atoms with Crippen molar-refractivity contribution in [1.82, 2.24) is 0 Å². The normalized spacial score (nSPS) is 16.8. The van der Waals surface area contributed by atoms with Gasteiger partial charge in [-0.2, -0.15) is 0 Å². The van der Waals surface area contributed by atoms with Crippen LogP contribution in [-0.4, -0.2) is 42.3 Å². The number of hydrogen-bond donors (Lipinski definition) is 2. The van der Waals surface area contributed by atoms with Gasteiger partial charge in [0.25, 0.3) is 0 Å².